The fraction of sp³-hybridized carbons (Fsp3) is 0.375. The summed E-state index contributed by atoms with van der Waals surface area (Å²) in [4.78, 5) is 11.9. The number of alkyl halides is 3. The highest BCUT2D eigenvalue weighted by Crippen LogP contribution is 2.27. The van der Waals surface area contributed by atoms with Gasteiger partial charge in [0.15, 0.2) is 5.69 Å². The second-order valence-electron chi connectivity index (χ2n) is 5.19. The van der Waals surface area contributed by atoms with Gasteiger partial charge in [-0.3, -0.25) is 9.48 Å². The van der Waals surface area contributed by atoms with Gasteiger partial charge in [0.2, 0.25) is 5.91 Å². The molecular weight excluding hydrogens is 323 g/mol. The highest BCUT2D eigenvalue weighted by Gasteiger charge is 2.33. The first-order valence-corrected chi connectivity index (χ1v) is 7.42. The van der Waals surface area contributed by atoms with Gasteiger partial charge in [-0.15, -0.1) is 0 Å². The quantitative estimate of drug-likeness (QED) is 0.878. The molecule has 2 aromatic rings. The molecule has 0 saturated heterocycles. The molecule has 1 unspecified atom stereocenters. The SMILES string of the molecule is CCOc1ccc(C(C)NC(=O)Cn2ccc(C(F)(F)F)n2)cc1. The standard InChI is InChI=1S/C16H18F3N3O2/c1-3-24-13-6-4-12(5-7-13)11(2)20-15(23)10-22-9-8-14(21-22)16(17,18)19/h4-9,11H,3,10H2,1-2H3,(H,20,23). The maximum absolute atomic E-state index is 12.5. The number of rotatable bonds is 6. The summed E-state index contributed by atoms with van der Waals surface area (Å²) in [5.41, 5.74) is -0.155. The van der Waals surface area contributed by atoms with Crippen LogP contribution in [0, 0.1) is 0 Å². The number of amides is 1. The fourth-order valence-corrected chi connectivity index (χ4v) is 2.14. The van der Waals surface area contributed by atoms with Gasteiger partial charge in [0.1, 0.15) is 12.3 Å². The smallest absolute Gasteiger partial charge is 0.435 e. The van der Waals surface area contributed by atoms with Crippen molar-refractivity contribution < 1.29 is 22.7 Å². The topological polar surface area (TPSA) is 56.1 Å². The van der Waals surface area contributed by atoms with Gasteiger partial charge in [0, 0.05) is 6.20 Å². The van der Waals surface area contributed by atoms with Crippen LogP contribution in [0.25, 0.3) is 0 Å². The van der Waals surface area contributed by atoms with Gasteiger partial charge in [0.05, 0.1) is 12.6 Å². The number of nitrogens with one attached hydrogen (secondary N) is 1. The summed E-state index contributed by atoms with van der Waals surface area (Å²) in [5, 5.41) is 6.07. The number of aromatic nitrogens is 2. The molecule has 0 saturated carbocycles. The first-order chi connectivity index (χ1) is 11.3. The number of benzene rings is 1. The normalized spacial score (nSPS) is 12.7. The van der Waals surface area contributed by atoms with Crippen molar-refractivity contribution in [1.29, 1.82) is 0 Å². The number of carbonyl (C=O) groups is 1. The maximum atomic E-state index is 12.5. The van der Waals surface area contributed by atoms with E-state index < -0.39 is 17.8 Å². The number of carbonyl (C=O) groups excluding carboxylic acids is 1. The molecular formula is C16H18F3N3O2. The molecule has 8 heteroatoms. The summed E-state index contributed by atoms with van der Waals surface area (Å²) < 4.78 is 43.7. The Morgan fingerprint density at radius 3 is 2.50 bits per heavy atom. The highest BCUT2D eigenvalue weighted by molar-refractivity contribution is 5.76. The zero-order valence-electron chi connectivity index (χ0n) is 13.3. The lowest BCUT2D eigenvalue weighted by molar-refractivity contribution is -0.141. The molecule has 0 bridgehead atoms. The second-order valence-corrected chi connectivity index (χ2v) is 5.19. The summed E-state index contributed by atoms with van der Waals surface area (Å²) in [5.74, 6) is 0.309. The van der Waals surface area contributed by atoms with E-state index >= 15 is 0 Å². The van der Waals surface area contributed by atoms with Crippen LogP contribution in [0.15, 0.2) is 36.5 Å². The zero-order valence-corrected chi connectivity index (χ0v) is 13.3. The minimum atomic E-state index is -4.52. The van der Waals surface area contributed by atoms with Crippen LogP contribution in [0.5, 0.6) is 5.75 Å². The predicted molar refractivity (Wildman–Crippen MR) is 81.4 cm³/mol. The molecule has 0 aliphatic heterocycles. The number of halogens is 3. The third-order valence-corrected chi connectivity index (χ3v) is 3.31. The van der Waals surface area contributed by atoms with Crippen molar-refractivity contribution in [3.8, 4) is 5.75 Å². The number of nitrogens with zero attached hydrogens (tertiary/aromatic N) is 2. The van der Waals surface area contributed by atoms with E-state index in [2.05, 4.69) is 10.4 Å². The number of hydrogen-bond acceptors (Lipinski definition) is 3. The molecule has 1 N–H and O–H groups in total. The lowest BCUT2D eigenvalue weighted by atomic mass is 10.1. The van der Waals surface area contributed by atoms with Gasteiger partial charge in [-0.2, -0.15) is 18.3 Å². The van der Waals surface area contributed by atoms with Crippen LogP contribution in [0.3, 0.4) is 0 Å². The van der Waals surface area contributed by atoms with Crippen LogP contribution >= 0.6 is 0 Å². The largest absolute Gasteiger partial charge is 0.494 e. The van der Waals surface area contributed by atoms with Crippen LogP contribution in [0.1, 0.15) is 31.1 Å². The van der Waals surface area contributed by atoms with Crippen molar-refractivity contribution in [3.05, 3.63) is 47.8 Å². The van der Waals surface area contributed by atoms with Gasteiger partial charge in [0.25, 0.3) is 0 Å². The molecule has 24 heavy (non-hydrogen) atoms. The molecule has 1 aromatic carbocycles. The van der Waals surface area contributed by atoms with Gasteiger partial charge in [-0.25, -0.2) is 0 Å². The Balaban J connectivity index is 1.92. The predicted octanol–water partition coefficient (Wildman–Crippen LogP) is 3.18. The Morgan fingerprint density at radius 1 is 1.29 bits per heavy atom. The van der Waals surface area contributed by atoms with E-state index in [0.29, 0.717) is 6.61 Å². The van der Waals surface area contributed by atoms with Gasteiger partial charge >= 0.3 is 6.18 Å². The Bertz CT molecular complexity index is 681. The molecule has 1 heterocycles. The van der Waals surface area contributed by atoms with Crippen molar-refractivity contribution in [1.82, 2.24) is 15.1 Å². The molecule has 0 spiro atoms. The molecule has 5 nitrogen and oxygen atoms in total. The van der Waals surface area contributed by atoms with Gasteiger partial charge in [-0.05, 0) is 37.6 Å². The summed E-state index contributed by atoms with van der Waals surface area (Å²) in [6, 6.07) is 7.79. The van der Waals surface area contributed by atoms with E-state index in [4.69, 9.17) is 4.74 Å². The van der Waals surface area contributed by atoms with Crippen LogP contribution in [0.4, 0.5) is 13.2 Å². The minimum absolute atomic E-state index is 0.280. The average molecular weight is 341 g/mol. The molecule has 1 amide bonds. The summed E-state index contributed by atoms with van der Waals surface area (Å²) in [6.45, 7) is 3.96. The molecule has 1 atom stereocenters. The molecule has 1 aromatic heterocycles. The third kappa shape index (κ3) is 4.74. The first kappa shape index (κ1) is 17.8. The van der Waals surface area contributed by atoms with Gasteiger partial charge in [-0.1, -0.05) is 12.1 Å². The Morgan fingerprint density at radius 2 is 1.96 bits per heavy atom. The zero-order chi connectivity index (χ0) is 17.7. The van der Waals surface area contributed by atoms with E-state index in [1.54, 1.807) is 19.1 Å². The molecule has 0 fully saturated rings. The monoisotopic (exact) mass is 341 g/mol. The summed E-state index contributed by atoms with van der Waals surface area (Å²) in [7, 11) is 0. The van der Waals surface area contributed by atoms with Crippen LogP contribution in [0.2, 0.25) is 0 Å². The van der Waals surface area contributed by atoms with Gasteiger partial charge < -0.3 is 10.1 Å². The van der Waals surface area contributed by atoms with E-state index in [1.165, 1.54) is 0 Å². The van der Waals surface area contributed by atoms with Crippen LogP contribution < -0.4 is 10.1 Å². The lowest BCUT2D eigenvalue weighted by Crippen LogP contribution is -2.30. The highest BCUT2D eigenvalue weighted by atomic mass is 19.4. The summed E-state index contributed by atoms with van der Waals surface area (Å²) in [6.07, 6.45) is -3.39. The van der Waals surface area contributed by atoms with E-state index in [-0.39, 0.29) is 12.6 Å². The van der Waals surface area contributed by atoms with Crippen molar-refractivity contribution in [2.45, 2.75) is 32.6 Å². The lowest BCUT2D eigenvalue weighted by Gasteiger charge is -2.15. The first-order valence-electron chi connectivity index (χ1n) is 7.42. The summed E-state index contributed by atoms with van der Waals surface area (Å²) >= 11 is 0. The Labute approximate surface area is 137 Å². The number of ether oxygens (including phenoxy) is 1. The number of hydrogen-bond donors (Lipinski definition) is 1. The van der Waals surface area contributed by atoms with E-state index in [0.717, 1.165) is 28.3 Å². The third-order valence-electron chi connectivity index (χ3n) is 3.31. The van der Waals surface area contributed by atoms with Crippen molar-refractivity contribution in [3.63, 3.8) is 0 Å². The molecule has 0 aliphatic rings. The molecule has 0 radical (unpaired) electrons. The van der Waals surface area contributed by atoms with Crippen molar-refractivity contribution in [2.24, 2.45) is 0 Å². The molecule has 2 rings (SSSR count). The van der Waals surface area contributed by atoms with Crippen LogP contribution in [-0.2, 0) is 17.5 Å². The molecule has 130 valence electrons. The van der Waals surface area contributed by atoms with Crippen molar-refractivity contribution in [2.75, 3.05) is 6.61 Å². The van der Waals surface area contributed by atoms with Crippen molar-refractivity contribution >= 4 is 5.91 Å². The minimum Gasteiger partial charge on any atom is -0.494 e. The Kier molecular flexibility index (Phi) is 5.48. The maximum Gasteiger partial charge on any atom is 0.435 e. The Hall–Kier alpha value is -2.51. The van der Waals surface area contributed by atoms with Crippen LogP contribution in [-0.4, -0.2) is 22.3 Å². The van der Waals surface area contributed by atoms with E-state index in [9.17, 15) is 18.0 Å². The van der Waals surface area contributed by atoms with E-state index in [1.807, 2.05) is 19.1 Å². The fourth-order valence-electron chi connectivity index (χ4n) is 2.14. The average Bonchev–Trinajstić information content (AvgIpc) is 2.96. The molecule has 0 aliphatic carbocycles. The second kappa shape index (κ2) is 7.37.